The highest BCUT2D eigenvalue weighted by Gasteiger charge is 2.07. The summed E-state index contributed by atoms with van der Waals surface area (Å²) >= 11 is 0. The van der Waals surface area contributed by atoms with E-state index in [4.69, 9.17) is 0 Å². The molecule has 0 saturated heterocycles. The average molecular weight is 83.1 g/mol. The largest absolute Gasteiger partial charge is 0.300 e. The van der Waals surface area contributed by atoms with Crippen molar-refractivity contribution >= 4 is 5.78 Å². The zero-order valence-corrected chi connectivity index (χ0v) is 3.61. The standard InChI is InChI=1S/C5H7O/c6-5-3-1-2-4-5/h1H,2-4H2. The molecule has 0 bridgehead atoms. The number of carbonyl (C=O) groups is 1. The highest BCUT2D eigenvalue weighted by Crippen LogP contribution is 2.10. The van der Waals surface area contributed by atoms with Crippen molar-refractivity contribution < 1.29 is 4.79 Å². The summed E-state index contributed by atoms with van der Waals surface area (Å²) in [5.74, 6) is 0.398. The first kappa shape index (κ1) is 3.85. The Morgan fingerprint density at radius 3 is 2.67 bits per heavy atom. The molecule has 0 amide bonds. The predicted octanol–water partition coefficient (Wildman–Crippen LogP) is 0.944. The molecule has 1 radical (unpaired) electrons. The van der Waals surface area contributed by atoms with Crippen molar-refractivity contribution in [3.05, 3.63) is 6.42 Å². The van der Waals surface area contributed by atoms with E-state index in [1.54, 1.807) is 0 Å². The summed E-state index contributed by atoms with van der Waals surface area (Å²) in [4.78, 5) is 10.2. The van der Waals surface area contributed by atoms with Gasteiger partial charge in [-0.1, -0.05) is 0 Å². The van der Waals surface area contributed by atoms with Crippen LogP contribution in [-0.4, -0.2) is 5.78 Å². The maximum absolute atomic E-state index is 10.2. The first-order valence-electron chi connectivity index (χ1n) is 2.23. The first-order valence-corrected chi connectivity index (χ1v) is 2.23. The second kappa shape index (κ2) is 1.41. The number of Topliss-reactive ketones (excluding diaryl/α,β-unsaturated/α-hetero) is 1. The fourth-order valence-electron chi connectivity index (χ4n) is 0.628. The van der Waals surface area contributed by atoms with Crippen LogP contribution in [0.25, 0.3) is 0 Å². The van der Waals surface area contributed by atoms with Crippen molar-refractivity contribution in [2.24, 2.45) is 0 Å². The van der Waals surface area contributed by atoms with E-state index in [1.165, 1.54) is 0 Å². The van der Waals surface area contributed by atoms with Crippen LogP contribution in [0.3, 0.4) is 0 Å². The van der Waals surface area contributed by atoms with E-state index in [1.807, 2.05) is 6.42 Å². The number of carbonyl (C=O) groups excluding carboxylic acids is 1. The Morgan fingerprint density at radius 2 is 2.50 bits per heavy atom. The Hall–Kier alpha value is -0.330. The molecule has 0 aromatic heterocycles. The van der Waals surface area contributed by atoms with Crippen LogP contribution in [-0.2, 0) is 4.79 Å². The molecule has 0 unspecified atom stereocenters. The summed E-state index contributed by atoms with van der Waals surface area (Å²) in [5.41, 5.74) is 0. The molecule has 6 heavy (non-hydrogen) atoms. The van der Waals surface area contributed by atoms with E-state index < -0.39 is 0 Å². The third kappa shape index (κ3) is 0.588. The summed E-state index contributed by atoms with van der Waals surface area (Å²) in [7, 11) is 0. The van der Waals surface area contributed by atoms with Crippen LogP contribution in [0.2, 0.25) is 0 Å². The van der Waals surface area contributed by atoms with Gasteiger partial charge in [0.2, 0.25) is 0 Å². The first-order chi connectivity index (χ1) is 2.89. The van der Waals surface area contributed by atoms with Crippen molar-refractivity contribution in [1.82, 2.24) is 0 Å². The Morgan fingerprint density at radius 1 is 1.67 bits per heavy atom. The molecule has 1 aliphatic rings. The molecule has 0 aliphatic heterocycles. The fraction of sp³-hybridized carbons (Fsp3) is 0.600. The van der Waals surface area contributed by atoms with E-state index in [0.29, 0.717) is 5.78 Å². The minimum absolute atomic E-state index is 0.398. The summed E-state index contributed by atoms with van der Waals surface area (Å²) < 4.78 is 0. The zero-order chi connectivity index (χ0) is 4.41. The van der Waals surface area contributed by atoms with Gasteiger partial charge in [-0.15, -0.1) is 0 Å². The lowest BCUT2D eigenvalue weighted by molar-refractivity contribution is -0.117. The van der Waals surface area contributed by atoms with Gasteiger partial charge in [-0.2, -0.15) is 0 Å². The molecule has 1 rings (SSSR count). The van der Waals surface area contributed by atoms with Crippen LogP contribution in [0.4, 0.5) is 0 Å². The normalized spacial score (nSPS) is 22.3. The Bertz CT molecular complexity index is 58.3. The lowest BCUT2D eigenvalue weighted by atomic mass is 10.4. The quantitative estimate of drug-likeness (QED) is 0.426. The highest BCUT2D eigenvalue weighted by atomic mass is 16.1. The molecule has 1 saturated carbocycles. The fourth-order valence-corrected chi connectivity index (χ4v) is 0.628. The number of hydrogen-bond donors (Lipinski definition) is 0. The molecule has 1 aliphatic carbocycles. The molecule has 0 atom stereocenters. The van der Waals surface area contributed by atoms with Gasteiger partial charge < -0.3 is 0 Å². The zero-order valence-electron chi connectivity index (χ0n) is 3.61. The highest BCUT2D eigenvalue weighted by molar-refractivity contribution is 5.81. The smallest absolute Gasteiger partial charge is 0.133 e. The Kier molecular flexibility index (Phi) is 0.906. The van der Waals surface area contributed by atoms with E-state index in [0.717, 1.165) is 19.3 Å². The predicted molar refractivity (Wildman–Crippen MR) is 23.2 cm³/mol. The van der Waals surface area contributed by atoms with Crippen LogP contribution in [0.5, 0.6) is 0 Å². The molecule has 33 valence electrons. The monoisotopic (exact) mass is 83.0 g/mol. The lowest BCUT2D eigenvalue weighted by Gasteiger charge is -1.71. The number of ketones is 1. The minimum Gasteiger partial charge on any atom is -0.300 e. The molecule has 0 spiro atoms. The summed E-state index contributed by atoms with van der Waals surface area (Å²) in [6, 6.07) is 0. The molecular formula is C5H7O. The van der Waals surface area contributed by atoms with Crippen molar-refractivity contribution in [2.75, 3.05) is 0 Å². The molecule has 0 N–H and O–H groups in total. The minimum atomic E-state index is 0.398. The second-order valence-corrected chi connectivity index (χ2v) is 1.57. The van der Waals surface area contributed by atoms with E-state index in [2.05, 4.69) is 0 Å². The summed E-state index contributed by atoms with van der Waals surface area (Å²) in [6.45, 7) is 0. The molecule has 1 heteroatoms. The van der Waals surface area contributed by atoms with Crippen molar-refractivity contribution in [3.8, 4) is 0 Å². The molecule has 1 fully saturated rings. The van der Waals surface area contributed by atoms with Gasteiger partial charge in [0.25, 0.3) is 0 Å². The van der Waals surface area contributed by atoms with Gasteiger partial charge in [-0.25, -0.2) is 0 Å². The van der Waals surface area contributed by atoms with Crippen LogP contribution in [0.15, 0.2) is 0 Å². The average Bonchev–Trinajstić information content (AvgIpc) is 1.86. The van der Waals surface area contributed by atoms with Gasteiger partial charge in [0.15, 0.2) is 0 Å². The van der Waals surface area contributed by atoms with Crippen LogP contribution in [0.1, 0.15) is 19.3 Å². The summed E-state index contributed by atoms with van der Waals surface area (Å²) in [5, 5.41) is 0. The van der Waals surface area contributed by atoms with Gasteiger partial charge in [0.1, 0.15) is 5.78 Å². The second-order valence-electron chi connectivity index (χ2n) is 1.57. The van der Waals surface area contributed by atoms with Gasteiger partial charge >= 0.3 is 0 Å². The van der Waals surface area contributed by atoms with E-state index in [9.17, 15) is 4.79 Å². The Labute approximate surface area is 37.4 Å². The number of hydrogen-bond acceptors (Lipinski definition) is 1. The van der Waals surface area contributed by atoms with E-state index in [-0.39, 0.29) is 0 Å². The van der Waals surface area contributed by atoms with Crippen molar-refractivity contribution in [2.45, 2.75) is 19.3 Å². The summed E-state index contributed by atoms with van der Waals surface area (Å²) in [6.07, 6.45) is 4.56. The van der Waals surface area contributed by atoms with Gasteiger partial charge in [-0.3, -0.25) is 4.79 Å². The van der Waals surface area contributed by atoms with Gasteiger partial charge in [0, 0.05) is 12.8 Å². The number of rotatable bonds is 0. The molecular weight excluding hydrogens is 76.1 g/mol. The SMILES string of the molecule is O=C1C[CH]CC1. The van der Waals surface area contributed by atoms with Gasteiger partial charge in [-0.05, 0) is 12.8 Å². The Balaban J connectivity index is 2.37. The molecule has 0 heterocycles. The molecule has 0 aromatic rings. The van der Waals surface area contributed by atoms with E-state index >= 15 is 0 Å². The van der Waals surface area contributed by atoms with Crippen LogP contribution in [0, 0.1) is 6.42 Å². The molecule has 0 aromatic carbocycles. The topological polar surface area (TPSA) is 17.1 Å². The third-order valence-corrected chi connectivity index (χ3v) is 0.999. The third-order valence-electron chi connectivity index (χ3n) is 0.999. The lowest BCUT2D eigenvalue weighted by Crippen LogP contribution is -1.81. The maximum Gasteiger partial charge on any atom is 0.133 e. The molecule has 1 nitrogen and oxygen atoms in total. The van der Waals surface area contributed by atoms with Crippen LogP contribution < -0.4 is 0 Å². The van der Waals surface area contributed by atoms with Crippen LogP contribution >= 0.6 is 0 Å². The maximum atomic E-state index is 10.2. The van der Waals surface area contributed by atoms with Crippen molar-refractivity contribution in [3.63, 3.8) is 0 Å². The van der Waals surface area contributed by atoms with Gasteiger partial charge in [0.05, 0.1) is 0 Å². The van der Waals surface area contributed by atoms with Crippen molar-refractivity contribution in [1.29, 1.82) is 0 Å².